The summed E-state index contributed by atoms with van der Waals surface area (Å²) in [6.45, 7) is 11.5. The van der Waals surface area contributed by atoms with Crippen molar-refractivity contribution in [3.8, 4) is 16.8 Å². The summed E-state index contributed by atoms with van der Waals surface area (Å²) in [7, 11) is 0. The molecule has 8 aromatic rings. The smallest absolute Gasteiger partial charge is 0.251 e. The van der Waals surface area contributed by atoms with Crippen LogP contribution in [0.1, 0.15) is 101 Å². The molecule has 396 valence electrons. The highest BCUT2D eigenvalue weighted by molar-refractivity contribution is 5.96. The van der Waals surface area contributed by atoms with E-state index in [1.54, 1.807) is 0 Å². The second kappa shape index (κ2) is 24.1. The van der Waals surface area contributed by atoms with Crippen LogP contribution in [-0.4, -0.2) is 44.0 Å². The Balaban J connectivity index is 0.613. The maximum Gasteiger partial charge on any atom is 0.251 e. The number of para-hydroxylation sites is 2. The minimum Gasteiger partial charge on any atom is -0.398 e. The molecule has 1 aliphatic heterocycles. The van der Waals surface area contributed by atoms with Gasteiger partial charge in [-0.05, 0) is 177 Å². The highest BCUT2D eigenvalue weighted by Gasteiger charge is 2.31. The number of unbranched alkanes of at least 4 members (excludes halogenated alkanes) is 6. The van der Waals surface area contributed by atoms with E-state index in [0.717, 1.165) is 137 Å². The van der Waals surface area contributed by atoms with Crippen LogP contribution in [0.25, 0.3) is 44.7 Å². The van der Waals surface area contributed by atoms with Crippen molar-refractivity contribution < 1.29 is 14.2 Å². The first-order valence-corrected chi connectivity index (χ1v) is 27.8. The Kier molecular flexibility index (Phi) is 16.3. The van der Waals surface area contributed by atoms with Gasteiger partial charge < -0.3 is 37.6 Å². The molecule has 10 nitrogen and oxygen atoms in total. The number of nitrogens with two attached hydrogens (primary N) is 2. The number of amides is 2. The van der Waals surface area contributed by atoms with Crippen molar-refractivity contribution in [1.82, 2.24) is 16.0 Å². The van der Waals surface area contributed by atoms with Gasteiger partial charge >= 0.3 is 0 Å². The highest BCUT2D eigenvalue weighted by Crippen LogP contribution is 2.43. The zero-order chi connectivity index (χ0) is 54.1. The van der Waals surface area contributed by atoms with Gasteiger partial charge in [-0.15, -0.1) is 0 Å². The fraction of sp³-hybridized carbons (Fsp3) is 0.250. The number of nitrogens with zero attached hydrogens (tertiary/aromatic N) is 2. The quantitative estimate of drug-likeness (QED) is 0.0182. The number of aryl methyl sites for hydroxylation is 3. The van der Waals surface area contributed by atoms with Crippen molar-refractivity contribution in [2.75, 3.05) is 47.9 Å². The summed E-state index contributed by atoms with van der Waals surface area (Å²) in [5.74, 6) is -0.134. The largest absolute Gasteiger partial charge is 0.398 e. The van der Waals surface area contributed by atoms with Crippen molar-refractivity contribution in [2.24, 2.45) is 0 Å². The number of hydrogen-bond acceptors (Lipinski definition) is 7. The molecule has 2 aliphatic rings. The van der Waals surface area contributed by atoms with Gasteiger partial charge in [-0.25, -0.2) is 0 Å². The molecule has 10 heteroatoms. The molecule has 2 heterocycles. The third-order valence-corrected chi connectivity index (χ3v) is 15.4. The Hall–Kier alpha value is -8.63. The summed E-state index contributed by atoms with van der Waals surface area (Å²) in [4.78, 5) is 28.5. The monoisotopic (exact) mass is 1030 g/mol. The predicted octanol–water partition coefficient (Wildman–Crippen LogP) is 13.8. The Labute approximate surface area is 460 Å². The average Bonchev–Trinajstić information content (AvgIpc) is 3.60. The van der Waals surface area contributed by atoms with Crippen LogP contribution in [0.15, 0.2) is 181 Å². The molecule has 0 spiro atoms. The minimum atomic E-state index is -0.0677. The Morgan fingerprint density at radius 1 is 0.526 bits per heavy atom. The lowest BCUT2D eigenvalue weighted by molar-refractivity contribution is -0.537. The normalized spacial score (nSPS) is 13.8. The second-order valence-electron chi connectivity index (χ2n) is 21.1. The molecule has 1 aliphatic carbocycles. The number of fused-ring (bicyclic) bond motifs is 4. The van der Waals surface area contributed by atoms with E-state index in [-0.39, 0.29) is 17.9 Å². The first-order valence-electron chi connectivity index (χ1n) is 27.8. The molecule has 0 bridgehead atoms. The van der Waals surface area contributed by atoms with E-state index in [9.17, 15) is 9.59 Å². The Bertz CT molecular complexity index is 3570. The van der Waals surface area contributed by atoms with Crippen LogP contribution >= 0.6 is 0 Å². The third kappa shape index (κ3) is 12.0. The lowest BCUT2D eigenvalue weighted by Crippen LogP contribution is -2.36. The summed E-state index contributed by atoms with van der Waals surface area (Å²) >= 11 is 0. The van der Waals surface area contributed by atoms with Gasteiger partial charge in [0.2, 0.25) is 16.7 Å². The molecule has 0 saturated carbocycles. The van der Waals surface area contributed by atoms with Gasteiger partial charge in [0, 0.05) is 101 Å². The number of aromatic nitrogens is 1. The number of carbonyl (C=O) groups is 2. The van der Waals surface area contributed by atoms with Gasteiger partial charge in [0.05, 0.1) is 11.7 Å². The molecule has 1 atom stereocenters. The lowest BCUT2D eigenvalue weighted by Gasteiger charge is -2.40. The van der Waals surface area contributed by atoms with Crippen LogP contribution in [0, 0.1) is 20.8 Å². The molecule has 0 fully saturated rings. The van der Waals surface area contributed by atoms with E-state index in [4.69, 9.17) is 11.5 Å². The summed E-state index contributed by atoms with van der Waals surface area (Å²) < 4.78 is 2.31. The molecule has 10 rings (SSSR count). The second-order valence-corrected chi connectivity index (χ2v) is 21.1. The molecule has 2 amide bonds. The number of hydrogen-bond donors (Lipinski definition) is 6. The number of benzene rings is 7. The van der Waals surface area contributed by atoms with Crippen LogP contribution < -0.4 is 42.2 Å². The first kappa shape index (κ1) is 52.8. The maximum absolute atomic E-state index is 13.0. The number of allylic oxidation sites excluding steroid dienone is 1. The lowest BCUT2D eigenvalue weighted by atomic mass is 9.87. The average molecular weight is 1030 g/mol. The number of anilines is 5. The fourth-order valence-corrected chi connectivity index (χ4v) is 10.9. The summed E-state index contributed by atoms with van der Waals surface area (Å²) in [5, 5.41) is 16.0. The van der Waals surface area contributed by atoms with Gasteiger partial charge in [-0.1, -0.05) is 92.4 Å². The highest BCUT2D eigenvalue weighted by atomic mass is 16.2. The van der Waals surface area contributed by atoms with E-state index in [2.05, 4.69) is 174 Å². The van der Waals surface area contributed by atoms with Gasteiger partial charge in [0.15, 0.2) is 0 Å². The summed E-state index contributed by atoms with van der Waals surface area (Å²) in [5.41, 5.74) is 32.6. The topological polar surface area (TPSA) is 141 Å². The molecule has 8 N–H and O–H groups in total. The van der Waals surface area contributed by atoms with Crippen LogP contribution in [0.4, 0.5) is 28.4 Å². The number of pyridine rings is 1. The van der Waals surface area contributed by atoms with Gasteiger partial charge in [-0.2, -0.15) is 4.57 Å². The molecule has 0 saturated heterocycles. The third-order valence-electron chi connectivity index (χ3n) is 15.4. The molecule has 78 heavy (non-hydrogen) atoms. The van der Waals surface area contributed by atoms with Gasteiger partial charge in [0.25, 0.3) is 11.8 Å². The molecule has 0 radical (unpaired) electrons. The molecule has 1 unspecified atom stereocenters. The molecular formula is C68H73N8O2+. The standard InChI is InChI=1S/C68H72N8O2/c1-45-35-53-39-55-37-47(3)61(43-65(55)75(63(53)41-59(45)69)57-19-11-9-12-20-57)71-31-15-5-7-17-33-73-67(77)51-27-23-49(24-28-51)50-25-29-52(30-26-50)68(78)74-34-18-8-6-16-32-72-62-44-66-56(38-48(62)4)40-54-36-46(2)60(70)42-64(54)76(66)58-21-13-10-14-22-58/h9-14,19-30,35-44,65,71H,5-8,15-18,31-34,69H2,1-4H3,(H4,70,72,73,74,77,78)/p+1. The Morgan fingerprint density at radius 2 is 1.05 bits per heavy atom. The SMILES string of the molecule is CC1=CC2=Cc3cc(C)c(N)cc3N(c3ccccc3)C2C=C1NCCCCCCNC(=O)c1ccc(-c2ccc(C(=O)NCCCCCCNc3cc4c(cc3C)cc3cc(C)c(N)cc3[n+]4-c3ccccc3)cc2)cc1. The van der Waals surface area contributed by atoms with E-state index < -0.39 is 0 Å². The van der Waals surface area contributed by atoms with E-state index in [1.165, 1.54) is 33.4 Å². The minimum absolute atomic E-state index is 0.0603. The molecule has 1 aromatic heterocycles. The zero-order valence-electron chi connectivity index (χ0n) is 45.6. The van der Waals surface area contributed by atoms with Gasteiger partial charge in [0.1, 0.15) is 0 Å². The van der Waals surface area contributed by atoms with Crippen molar-refractivity contribution >= 4 is 68.1 Å². The number of nitrogen functional groups attached to an aromatic ring is 2. The van der Waals surface area contributed by atoms with Crippen molar-refractivity contribution in [2.45, 2.75) is 85.1 Å². The van der Waals surface area contributed by atoms with Crippen LogP contribution in [0.5, 0.6) is 0 Å². The van der Waals surface area contributed by atoms with Crippen LogP contribution in [-0.2, 0) is 0 Å². The van der Waals surface area contributed by atoms with Crippen LogP contribution in [0.2, 0.25) is 0 Å². The molecule has 7 aromatic carbocycles. The number of carbonyl (C=O) groups excluding carboxylic acids is 2. The fourth-order valence-electron chi connectivity index (χ4n) is 10.9. The van der Waals surface area contributed by atoms with Crippen molar-refractivity contribution in [1.29, 1.82) is 0 Å². The van der Waals surface area contributed by atoms with E-state index >= 15 is 0 Å². The Morgan fingerprint density at radius 3 is 1.67 bits per heavy atom. The van der Waals surface area contributed by atoms with E-state index in [1.807, 2.05) is 54.6 Å². The van der Waals surface area contributed by atoms with Gasteiger partial charge in [-0.3, -0.25) is 9.59 Å². The number of rotatable bonds is 21. The number of nitrogens with one attached hydrogen (secondary N) is 4. The molecular weight excluding hydrogens is 961 g/mol. The zero-order valence-corrected chi connectivity index (χ0v) is 45.6. The van der Waals surface area contributed by atoms with Crippen molar-refractivity contribution in [3.05, 3.63) is 214 Å². The maximum atomic E-state index is 13.0. The summed E-state index contributed by atoms with van der Waals surface area (Å²) in [6, 6.07) is 51.8. The predicted molar refractivity (Wildman–Crippen MR) is 325 cm³/mol. The first-order chi connectivity index (χ1) is 38.0. The summed E-state index contributed by atoms with van der Waals surface area (Å²) in [6.07, 6.45) is 15.1. The van der Waals surface area contributed by atoms with Crippen LogP contribution in [0.3, 0.4) is 0 Å². The van der Waals surface area contributed by atoms with Crippen molar-refractivity contribution in [3.63, 3.8) is 0 Å². The van der Waals surface area contributed by atoms with E-state index in [0.29, 0.717) is 24.2 Å².